The monoisotopic (exact) mass is 234 g/mol. The molecule has 0 bridgehead atoms. The van der Waals surface area contributed by atoms with E-state index in [0.29, 0.717) is 10.5 Å². The first-order valence-electron chi connectivity index (χ1n) is 5.70. The van der Waals surface area contributed by atoms with Crippen LogP contribution in [0.15, 0.2) is 0 Å². The van der Waals surface area contributed by atoms with Gasteiger partial charge in [-0.15, -0.1) is 0 Å². The minimum absolute atomic E-state index is 0.0716. The van der Waals surface area contributed by atoms with Crippen LogP contribution in [0, 0.1) is 0 Å². The Morgan fingerprint density at radius 2 is 2.00 bits per heavy atom. The molecule has 1 saturated heterocycles. The van der Waals surface area contributed by atoms with E-state index >= 15 is 0 Å². The summed E-state index contributed by atoms with van der Waals surface area (Å²) in [5, 5.41) is 11.2. The second-order valence-electron chi connectivity index (χ2n) is 3.86. The van der Waals surface area contributed by atoms with Crippen molar-refractivity contribution in [2.24, 2.45) is 0 Å². The molecule has 0 aromatic rings. The van der Waals surface area contributed by atoms with Gasteiger partial charge in [0.25, 0.3) is 0 Å². The van der Waals surface area contributed by atoms with Gasteiger partial charge in [0.2, 0.25) is 0 Å². The van der Waals surface area contributed by atoms with E-state index in [1.165, 1.54) is 30.8 Å². The van der Waals surface area contributed by atoms with Crippen molar-refractivity contribution in [1.29, 1.82) is 0 Å². The molecule has 1 nitrogen and oxygen atoms in total. The van der Waals surface area contributed by atoms with Crippen LogP contribution >= 0.6 is 23.5 Å². The third kappa shape index (κ3) is 3.67. The highest BCUT2D eigenvalue weighted by Gasteiger charge is 2.30. The first kappa shape index (κ1) is 12.7. The molecule has 0 aliphatic carbocycles. The lowest BCUT2D eigenvalue weighted by Gasteiger charge is -2.33. The van der Waals surface area contributed by atoms with Gasteiger partial charge in [0.1, 0.15) is 0 Å². The summed E-state index contributed by atoms with van der Waals surface area (Å²) in [6.07, 6.45) is 4.48. The smallest absolute Gasteiger partial charge is 0.0669 e. The third-order valence-corrected chi connectivity index (χ3v) is 6.12. The lowest BCUT2D eigenvalue weighted by atomic mass is 10.1. The number of thioether (sulfide) groups is 2. The number of hydrogen-bond acceptors (Lipinski definition) is 3. The van der Waals surface area contributed by atoms with Crippen molar-refractivity contribution in [3.63, 3.8) is 0 Å². The Balaban J connectivity index is 2.37. The minimum atomic E-state index is -0.0716. The van der Waals surface area contributed by atoms with E-state index in [9.17, 15) is 5.11 Å². The molecule has 0 aromatic heterocycles. The number of unbranched alkanes of at least 4 members (excludes halogenated alkanes) is 1. The molecule has 1 rings (SSSR count). The highest BCUT2D eigenvalue weighted by molar-refractivity contribution is 8.07. The fraction of sp³-hybridized carbons (Fsp3) is 1.00. The average Bonchev–Trinajstić information content (AvgIpc) is 2.25. The normalized spacial score (nSPS) is 30.2. The van der Waals surface area contributed by atoms with Gasteiger partial charge >= 0.3 is 0 Å². The number of hydrogen-bond donors (Lipinski definition) is 1. The molecule has 14 heavy (non-hydrogen) atoms. The molecule has 3 atom stereocenters. The van der Waals surface area contributed by atoms with Gasteiger partial charge in [0.15, 0.2) is 0 Å². The fourth-order valence-electron chi connectivity index (χ4n) is 1.87. The average molecular weight is 234 g/mol. The highest BCUT2D eigenvalue weighted by Crippen LogP contribution is 2.36. The van der Waals surface area contributed by atoms with Crippen molar-refractivity contribution in [3.8, 4) is 0 Å². The minimum Gasteiger partial charge on any atom is -0.392 e. The number of aliphatic hydroxyl groups excluding tert-OH is 1. The zero-order valence-corrected chi connectivity index (χ0v) is 10.9. The summed E-state index contributed by atoms with van der Waals surface area (Å²) in [4.78, 5) is 0. The maximum Gasteiger partial charge on any atom is 0.0669 e. The van der Waals surface area contributed by atoms with Crippen molar-refractivity contribution in [3.05, 3.63) is 0 Å². The second kappa shape index (κ2) is 7.02. The van der Waals surface area contributed by atoms with Crippen molar-refractivity contribution in [2.75, 3.05) is 11.5 Å². The summed E-state index contributed by atoms with van der Waals surface area (Å²) < 4.78 is 0. The van der Waals surface area contributed by atoms with E-state index in [1.54, 1.807) is 0 Å². The van der Waals surface area contributed by atoms with E-state index in [-0.39, 0.29) is 6.10 Å². The van der Waals surface area contributed by atoms with Crippen LogP contribution < -0.4 is 0 Å². The van der Waals surface area contributed by atoms with Crippen LogP contribution in [0.25, 0.3) is 0 Å². The van der Waals surface area contributed by atoms with E-state index in [2.05, 4.69) is 25.6 Å². The Morgan fingerprint density at radius 1 is 1.29 bits per heavy atom. The molecule has 3 unspecified atom stereocenters. The molecule has 0 radical (unpaired) electrons. The van der Waals surface area contributed by atoms with Gasteiger partial charge in [-0.2, -0.15) is 23.5 Å². The Morgan fingerprint density at radius 3 is 2.64 bits per heavy atom. The molecular formula is C11H22OS2. The van der Waals surface area contributed by atoms with E-state index in [4.69, 9.17) is 0 Å². The quantitative estimate of drug-likeness (QED) is 0.789. The van der Waals surface area contributed by atoms with Gasteiger partial charge in [-0.25, -0.2) is 0 Å². The highest BCUT2D eigenvalue weighted by atomic mass is 32.2. The molecule has 1 heterocycles. The Hall–Kier alpha value is 0.660. The lowest BCUT2D eigenvalue weighted by molar-refractivity contribution is 0.156. The first-order chi connectivity index (χ1) is 6.79. The fourth-order valence-corrected chi connectivity index (χ4v) is 5.06. The zero-order valence-electron chi connectivity index (χ0n) is 9.24. The molecule has 0 saturated carbocycles. The zero-order chi connectivity index (χ0) is 10.4. The molecule has 0 spiro atoms. The summed E-state index contributed by atoms with van der Waals surface area (Å²) >= 11 is 4.04. The molecule has 0 amide bonds. The predicted molar refractivity (Wildman–Crippen MR) is 68.3 cm³/mol. The summed E-state index contributed by atoms with van der Waals surface area (Å²) in [7, 11) is 0. The van der Waals surface area contributed by atoms with Crippen molar-refractivity contribution < 1.29 is 5.11 Å². The largest absolute Gasteiger partial charge is 0.392 e. The topological polar surface area (TPSA) is 20.2 Å². The molecule has 1 N–H and O–H groups in total. The Kier molecular flexibility index (Phi) is 6.38. The van der Waals surface area contributed by atoms with Crippen LogP contribution in [-0.2, 0) is 0 Å². The predicted octanol–water partition coefficient (Wildman–Crippen LogP) is 3.16. The molecular weight excluding hydrogens is 212 g/mol. The van der Waals surface area contributed by atoms with Gasteiger partial charge < -0.3 is 5.11 Å². The van der Waals surface area contributed by atoms with Crippen LogP contribution in [-0.4, -0.2) is 33.2 Å². The molecule has 1 fully saturated rings. The van der Waals surface area contributed by atoms with E-state index in [1.807, 2.05) is 11.8 Å². The van der Waals surface area contributed by atoms with Crippen molar-refractivity contribution in [2.45, 2.75) is 56.1 Å². The molecule has 84 valence electrons. The van der Waals surface area contributed by atoms with Crippen molar-refractivity contribution in [1.82, 2.24) is 0 Å². The SMILES string of the molecule is CCCCC(O)C1SCCSC1CC. The van der Waals surface area contributed by atoms with Gasteiger partial charge in [0.05, 0.1) is 6.10 Å². The summed E-state index contributed by atoms with van der Waals surface area (Å²) in [5.41, 5.74) is 0. The van der Waals surface area contributed by atoms with Gasteiger partial charge in [-0.1, -0.05) is 26.7 Å². The number of rotatable bonds is 5. The third-order valence-electron chi connectivity index (χ3n) is 2.73. The number of aliphatic hydroxyl groups is 1. The Labute approximate surface area is 96.4 Å². The van der Waals surface area contributed by atoms with Crippen LogP contribution in [0.1, 0.15) is 39.5 Å². The van der Waals surface area contributed by atoms with E-state index in [0.717, 1.165) is 6.42 Å². The van der Waals surface area contributed by atoms with Crippen LogP contribution in [0.3, 0.4) is 0 Å². The Bertz CT molecular complexity index is 152. The van der Waals surface area contributed by atoms with Gasteiger partial charge in [-0.3, -0.25) is 0 Å². The summed E-state index contributed by atoms with van der Waals surface area (Å²) in [6, 6.07) is 0. The first-order valence-corrected chi connectivity index (χ1v) is 7.80. The summed E-state index contributed by atoms with van der Waals surface area (Å²) in [5.74, 6) is 2.48. The lowest BCUT2D eigenvalue weighted by Crippen LogP contribution is -2.35. The van der Waals surface area contributed by atoms with E-state index < -0.39 is 0 Å². The second-order valence-corrected chi connectivity index (χ2v) is 6.50. The standard InChI is InChI=1S/C11H22OS2/c1-3-5-6-9(12)11-10(4-2)13-7-8-14-11/h9-12H,3-8H2,1-2H3. The van der Waals surface area contributed by atoms with Crippen LogP contribution in [0.4, 0.5) is 0 Å². The van der Waals surface area contributed by atoms with Crippen LogP contribution in [0.5, 0.6) is 0 Å². The van der Waals surface area contributed by atoms with Crippen molar-refractivity contribution >= 4 is 23.5 Å². The van der Waals surface area contributed by atoms with Crippen LogP contribution in [0.2, 0.25) is 0 Å². The molecule has 0 aromatic carbocycles. The molecule has 1 aliphatic rings. The molecule has 1 aliphatic heterocycles. The van der Waals surface area contributed by atoms with Gasteiger partial charge in [-0.05, 0) is 12.8 Å². The summed E-state index contributed by atoms with van der Waals surface area (Å²) in [6.45, 7) is 4.43. The molecule has 3 heteroatoms. The van der Waals surface area contributed by atoms with Gasteiger partial charge in [0, 0.05) is 22.0 Å². The maximum absolute atomic E-state index is 10.1. The maximum atomic E-state index is 10.1.